The Morgan fingerprint density at radius 2 is 2.25 bits per heavy atom. The zero-order chi connectivity index (χ0) is 11.4. The van der Waals surface area contributed by atoms with E-state index in [0.29, 0.717) is 19.6 Å². The molecule has 1 unspecified atom stereocenters. The summed E-state index contributed by atoms with van der Waals surface area (Å²) in [5, 5.41) is 5.09. The largest absolute Gasteiger partial charge is 0.341 e. The number of benzene rings is 1. The third kappa shape index (κ3) is 2.72. The molecule has 86 valence electrons. The van der Waals surface area contributed by atoms with Gasteiger partial charge in [0, 0.05) is 13.0 Å². The average Bonchev–Trinajstić information content (AvgIpc) is 2.66. The fraction of sp³-hybridized carbons (Fsp3) is 0.364. The highest BCUT2D eigenvalue weighted by atomic mass is 35.5. The Balaban J connectivity index is 2.11. The van der Waals surface area contributed by atoms with Crippen molar-refractivity contribution in [2.45, 2.75) is 12.3 Å². The summed E-state index contributed by atoms with van der Waals surface area (Å²) in [5.41, 5.74) is 1.07. The molecule has 1 aliphatic heterocycles. The Morgan fingerprint density at radius 3 is 2.81 bits per heavy atom. The lowest BCUT2D eigenvalue weighted by molar-refractivity contribution is -0.0259. The van der Waals surface area contributed by atoms with Crippen molar-refractivity contribution in [2.24, 2.45) is 0 Å². The molecule has 2 rings (SSSR count). The standard InChI is InChI=1S/C11H13ClN2O2/c12-10(15)14-11(13-6-7-16-11)8-9-4-2-1-3-5-9/h1-5,13H,6-8H2,(H,14,15). The van der Waals surface area contributed by atoms with Gasteiger partial charge in [0.1, 0.15) is 0 Å². The van der Waals surface area contributed by atoms with Crippen LogP contribution in [0.2, 0.25) is 0 Å². The molecule has 1 atom stereocenters. The van der Waals surface area contributed by atoms with Gasteiger partial charge in [-0.3, -0.25) is 10.1 Å². The third-order valence-corrected chi connectivity index (χ3v) is 2.55. The first kappa shape index (κ1) is 11.4. The molecule has 0 saturated carbocycles. The minimum absolute atomic E-state index is 0.548. The first-order valence-corrected chi connectivity index (χ1v) is 5.49. The van der Waals surface area contributed by atoms with Crippen LogP contribution in [0.1, 0.15) is 5.56 Å². The van der Waals surface area contributed by atoms with E-state index in [2.05, 4.69) is 10.6 Å². The van der Waals surface area contributed by atoms with Gasteiger partial charge in [0.15, 0.2) is 0 Å². The Kier molecular flexibility index (Phi) is 3.43. The number of hydrogen-bond acceptors (Lipinski definition) is 3. The van der Waals surface area contributed by atoms with Gasteiger partial charge in [-0.1, -0.05) is 30.3 Å². The molecule has 0 spiro atoms. The van der Waals surface area contributed by atoms with Crippen molar-refractivity contribution in [3.05, 3.63) is 35.9 Å². The summed E-state index contributed by atoms with van der Waals surface area (Å²) >= 11 is 5.34. The van der Waals surface area contributed by atoms with Crippen LogP contribution in [0.3, 0.4) is 0 Å². The number of nitrogens with one attached hydrogen (secondary N) is 2. The molecule has 4 nitrogen and oxygen atoms in total. The van der Waals surface area contributed by atoms with Crippen LogP contribution in [0.5, 0.6) is 0 Å². The van der Waals surface area contributed by atoms with Crippen LogP contribution in [0.4, 0.5) is 4.79 Å². The van der Waals surface area contributed by atoms with Gasteiger partial charge in [0.25, 0.3) is 0 Å². The molecular weight excluding hydrogens is 228 g/mol. The first-order valence-electron chi connectivity index (χ1n) is 5.11. The van der Waals surface area contributed by atoms with Gasteiger partial charge in [-0.2, -0.15) is 0 Å². The molecular formula is C11H13ClN2O2. The summed E-state index contributed by atoms with van der Waals surface area (Å²) in [4.78, 5) is 10.9. The van der Waals surface area contributed by atoms with Gasteiger partial charge >= 0.3 is 5.37 Å². The number of amides is 1. The Labute approximate surface area is 98.9 Å². The SMILES string of the molecule is O=C(Cl)NC1(Cc2ccccc2)NCCO1. The van der Waals surface area contributed by atoms with Crippen LogP contribution in [-0.4, -0.2) is 24.4 Å². The van der Waals surface area contributed by atoms with E-state index in [-0.39, 0.29) is 0 Å². The monoisotopic (exact) mass is 240 g/mol. The van der Waals surface area contributed by atoms with Crippen molar-refractivity contribution in [2.75, 3.05) is 13.2 Å². The van der Waals surface area contributed by atoms with E-state index in [0.717, 1.165) is 5.56 Å². The average molecular weight is 241 g/mol. The minimum atomic E-state index is -0.861. The molecule has 1 fully saturated rings. The lowest BCUT2D eigenvalue weighted by Gasteiger charge is -2.28. The number of ether oxygens (including phenoxy) is 1. The summed E-state index contributed by atoms with van der Waals surface area (Å²) in [6, 6.07) is 9.79. The second kappa shape index (κ2) is 4.82. The topological polar surface area (TPSA) is 50.4 Å². The number of halogens is 1. The second-order valence-electron chi connectivity index (χ2n) is 3.66. The Bertz CT molecular complexity index is 364. The fourth-order valence-electron chi connectivity index (χ4n) is 1.81. The van der Waals surface area contributed by atoms with E-state index in [1.807, 2.05) is 30.3 Å². The molecule has 1 amide bonds. The van der Waals surface area contributed by atoms with Crippen molar-refractivity contribution in [3.63, 3.8) is 0 Å². The molecule has 0 radical (unpaired) electrons. The lowest BCUT2D eigenvalue weighted by atomic mass is 10.1. The van der Waals surface area contributed by atoms with Gasteiger partial charge in [-0.05, 0) is 17.2 Å². The number of hydrogen-bond donors (Lipinski definition) is 2. The Hall–Kier alpha value is -1.10. The van der Waals surface area contributed by atoms with E-state index in [9.17, 15) is 4.79 Å². The maximum Gasteiger partial charge on any atom is 0.317 e. The molecule has 1 heterocycles. The highest BCUT2D eigenvalue weighted by Crippen LogP contribution is 2.16. The number of rotatable bonds is 3. The second-order valence-corrected chi connectivity index (χ2v) is 4.01. The third-order valence-electron chi connectivity index (χ3n) is 2.46. The molecule has 0 aliphatic carbocycles. The van der Waals surface area contributed by atoms with Crippen molar-refractivity contribution >= 4 is 17.0 Å². The van der Waals surface area contributed by atoms with Gasteiger partial charge in [-0.25, -0.2) is 0 Å². The maximum absolute atomic E-state index is 10.9. The van der Waals surface area contributed by atoms with Crippen molar-refractivity contribution < 1.29 is 9.53 Å². The molecule has 2 N–H and O–H groups in total. The van der Waals surface area contributed by atoms with Crippen molar-refractivity contribution in [1.29, 1.82) is 0 Å². The molecule has 1 saturated heterocycles. The summed E-state index contributed by atoms with van der Waals surface area (Å²) in [6.45, 7) is 1.26. The number of carbonyl (C=O) groups excluding carboxylic acids is 1. The maximum atomic E-state index is 10.9. The van der Waals surface area contributed by atoms with E-state index < -0.39 is 11.2 Å². The zero-order valence-corrected chi connectivity index (χ0v) is 9.46. The van der Waals surface area contributed by atoms with Crippen LogP contribution < -0.4 is 10.6 Å². The first-order chi connectivity index (χ1) is 7.70. The van der Waals surface area contributed by atoms with Crippen LogP contribution in [0.25, 0.3) is 0 Å². The molecule has 0 bridgehead atoms. The fourth-order valence-corrected chi connectivity index (χ4v) is 1.96. The molecule has 1 aromatic carbocycles. The Morgan fingerprint density at radius 1 is 1.50 bits per heavy atom. The van der Waals surface area contributed by atoms with Crippen molar-refractivity contribution in [1.82, 2.24) is 10.6 Å². The van der Waals surface area contributed by atoms with Crippen molar-refractivity contribution in [3.8, 4) is 0 Å². The van der Waals surface area contributed by atoms with E-state index in [1.54, 1.807) is 0 Å². The molecule has 0 aromatic heterocycles. The van der Waals surface area contributed by atoms with E-state index >= 15 is 0 Å². The minimum Gasteiger partial charge on any atom is -0.341 e. The normalized spacial score (nSPS) is 24.3. The van der Waals surface area contributed by atoms with Crippen LogP contribution in [0, 0.1) is 0 Å². The highest BCUT2D eigenvalue weighted by molar-refractivity contribution is 6.63. The van der Waals surface area contributed by atoms with E-state index in [1.165, 1.54) is 0 Å². The van der Waals surface area contributed by atoms with Crippen LogP contribution >= 0.6 is 11.6 Å². The van der Waals surface area contributed by atoms with Gasteiger partial charge in [0.05, 0.1) is 6.61 Å². The van der Waals surface area contributed by atoms with Gasteiger partial charge in [-0.15, -0.1) is 0 Å². The highest BCUT2D eigenvalue weighted by Gasteiger charge is 2.36. The molecule has 1 aliphatic rings. The molecule has 5 heteroatoms. The predicted octanol–water partition coefficient (Wildman–Crippen LogP) is 1.45. The lowest BCUT2D eigenvalue weighted by Crippen LogP contribution is -2.56. The smallest absolute Gasteiger partial charge is 0.317 e. The van der Waals surface area contributed by atoms with E-state index in [4.69, 9.17) is 16.3 Å². The summed E-state index contributed by atoms with van der Waals surface area (Å²) in [7, 11) is 0. The molecule has 1 aromatic rings. The van der Waals surface area contributed by atoms with Gasteiger partial charge in [0.2, 0.25) is 5.85 Å². The quantitative estimate of drug-likeness (QED) is 0.621. The van der Waals surface area contributed by atoms with Crippen LogP contribution in [0.15, 0.2) is 30.3 Å². The number of carbonyl (C=O) groups is 1. The summed E-state index contributed by atoms with van der Waals surface area (Å²) in [6.07, 6.45) is 0.548. The summed E-state index contributed by atoms with van der Waals surface area (Å²) in [5.74, 6) is -0.861. The van der Waals surface area contributed by atoms with Crippen LogP contribution in [-0.2, 0) is 11.2 Å². The van der Waals surface area contributed by atoms with Gasteiger partial charge < -0.3 is 10.1 Å². The molecule has 16 heavy (non-hydrogen) atoms. The predicted molar refractivity (Wildman–Crippen MR) is 61.2 cm³/mol. The summed E-state index contributed by atoms with van der Waals surface area (Å²) < 4.78 is 5.53. The zero-order valence-electron chi connectivity index (χ0n) is 8.70.